The maximum atomic E-state index is 8.73. The monoisotopic (exact) mass is 272 g/mol. The number of piperidine rings is 1. The molecule has 0 aromatic heterocycles. The largest absolute Gasteiger partial charge is 0.494 e. The van der Waals surface area contributed by atoms with Crippen molar-refractivity contribution in [2.75, 3.05) is 26.2 Å². The van der Waals surface area contributed by atoms with Crippen molar-refractivity contribution in [2.24, 2.45) is 5.92 Å². The SMILES string of the molecule is CCC1CCN(CCCOc2ccc(C#N)cc2)CC1. The smallest absolute Gasteiger partial charge is 0.119 e. The summed E-state index contributed by atoms with van der Waals surface area (Å²) < 4.78 is 5.70. The summed E-state index contributed by atoms with van der Waals surface area (Å²) in [4.78, 5) is 2.55. The molecule has 1 aliphatic heterocycles. The second-order valence-electron chi connectivity index (χ2n) is 5.53. The van der Waals surface area contributed by atoms with E-state index in [1.807, 2.05) is 12.1 Å². The molecule has 1 fully saturated rings. The van der Waals surface area contributed by atoms with Gasteiger partial charge in [0.05, 0.1) is 18.2 Å². The van der Waals surface area contributed by atoms with Gasteiger partial charge in [-0.2, -0.15) is 5.26 Å². The Hall–Kier alpha value is -1.53. The number of nitrogens with zero attached hydrogens (tertiary/aromatic N) is 2. The fraction of sp³-hybridized carbons (Fsp3) is 0.588. The maximum Gasteiger partial charge on any atom is 0.119 e. The van der Waals surface area contributed by atoms with Gasteiger partial charge in [-0.1, -0.05) is 13.3 Å². The van der Waals surface area contributed by atoms with Gasteiger partial charge < -0.3 is 9.64 Å². The summed E-state index contributed by atoms with van der Waals surface area (Å²) in [6.45, 7) is 6.67. The number of nitriles is 1. The molecular formula is C17H24N2O. The van der Waals surface area contributed by atoms with Gasteiger partial charge >= 0.3 is 0 Å². The Kier molecular flexibility index (Phi) is 5.88. The first-order valence-electron chi connectivity index (χ1n) is 7.67. The van der Waals surface area contributed by atoms with Crippen molar-refractivity contribution < 1.29 is 4.74 Å². The third kappa shape index (κ3) is 4.54. The number of rotatable bonds is 6. The normalized spacial score (nSPS) is 16.8. The van der Waals surface area contributed by atoms with E-state index in [-0.39, 0.29) is 0 Å². The van der Waals surface area contributed by atoms with E-state index in [1.54, 1.807) is 12.1 Å². The van der Waals surface area contributed by atoms with Crippen molar-refractivity contribution >= 4 is 0 Å². The molecule has 0 radical (unpaired) electrons. The van der Waals surface area contributed by atoms with E-state index >= 15 is 0 Å². The Morgan fingerprint density at radius 2 is 1.95 bits per heavy atom. The minimum atomic E-state index is 0.677. The maximum absolute atomic E-state index is 8.73. The first-order chi connectivity index (χ1) is 9.81. The molecule has 0 bridgehead atoms. The molecule has 20 heavy (non-hydrogen) atoms. The molecule has 108 valence electrons. The average molecular weight is 272 g/mol. The van der Waals surface area contributed by atoms with Crippen LogP contribution in [0.2, 0.25) is 0 Å². The molecule has 1 saturated heterocycles. The highest BCUT2D eigenvalue weighted by atomic mass is 16.5. The van der Waals surface area contributed by atoms with Gasteiger partial charge in [0.25, 0.3) is 0 Å². The van der Waals surface area contributed by atoms with Crippen molar-refractivity contribution in [3.05, 3.63) is 29.8 Å². The molecule has 3 heteroatoms. The van der Waals surface area contributed by atoms with E-state index in [4.69, 9.17) is 10.00 Å². The summed E-state index contributed by atoms with van der Waals surface area (Å²) in [6, 6.07) is 9.44. The van der Waals surface area contributed by atoms with Crippen molar-refractivity contribution in [2.45, 2.75) is 32.6 Å². The lowest BCUT2D eigenvalue weighted by molar-refractivity contribution is 0.169. The number of benzene rings is 1. The van der Waals surface area contributed by atoms with Crippen LogP contribution in [0.3, 0.4) is 0 Å². The summed E-state index contributed by atoms with van der Waals surface area (Å²) in [5.74, 6) is 1.80. The fourth-order valence-electron chi connectivity index (χ4n) is 2.72. The topological polar surface area (TPSA) is 36.3 Å². The second kappa shape index (κ2) is 7.91. The van der Waals surface area contributed by atoms with E-state index in [0.29, 0.717) is 5.56 Å². The van der Waals surface area contributed by atoms with Crippen LogP contribution in [-0.4, -0.2) is 31.1 Å². The lowest BCUT2D eigenvalue weighted by atomic mass is 9.94. The Bertz CT molecular complexity index is 427. The van der Waals surface area contributed by atoms with Gasteiger partial charge in [0.15, 0.2) is 0 Å². The zero-order valence-corrected chi connectivity index (χ0v) is 12.3. The van der Waals surface area contributed by atoms with Gasteiger partial charge in [0, 0.05) is 6.54 Å². The minimum absolute atomic E-state index is 0.677. The molecule has 1 aromatic rings. The third-order valence-electron chi connectivity index (χ3n) is 4.16. The standard InChI is InChI=1S/C17H24N2O/c1-2-15-8-11-19(12-9-15)10-3-13-20-17-6-4-16(14-18)5-7-17/h4-7,15H,2-3,8-13H2,1H3. The van der Waals surface area contributed by atoms with Crippen LogP contribution >= 0.6 is 0 Å². The van der Waals surface area contributed by atoms with E-state index in [0.717, 1.165) is 31.2 Å². The molecule has 1 heterocycles. The Morgan fingerprint density at radius 3 is 2.55 bits per heavy atom. The van der Waals surface area contributed by atoms with Crippen LogP contribution in [0, 0.1) is 17.2 Å². The fourth-order valence-corrected chi connectivity index (χ4v) is 2.72. The third-order valence-corrected chi connectivity index (χ3v) is 4.16. The molecule has 0 unspecified atom stereocenters. The molecule has 2 rings (SSSR count). The predicted molar refractivity (Wildman–Crippen MR) is 80.7 cm³/mol. The highest BCUT2D eigenvalue weighted by Crippen LogP contribution is 2.20. The Morgan fingerprint density at radius 1 is 1.25 bits per heavy atom. The highest BCUT2D eigenvalue weighted by molar-refractivity contribution is 5.34. The van der Waals surface area contributed by atoms with E-state index in [1.165, 1.54) is 32.4 Å². The summed E-state index contributed by atoms with van der Waals surface area (Å²) in [5.41, 5.74) is 0.677. The van der Waals surface area contributed by atoms with Crippen molar-refractivity contribution in [3.63, 3.8) is 0 Å². The zero-order valence-electron chi connectivity index (χ0n) is 12.3. The zero-order chi connectivity index (χ0) is 14.2. The van der Waals surface area contributed by atoms with Gasteiger partial charge in [-0.3, -0.25) is 0 Å². The van der Waals surface area contributed by atoms with Crippen molar-refractivity contribution in [1.29, 1.82) is 5.26 Å². The minimum Gasteiger partial charge on any atom is -0.494 e. The summed E-state index contributed by atoms with van der Waals surface area (Å²) in [6.07, 6.45) is 5.10. The van der Waals surface area contributed by atoms with Gasteiger partial charge in [-0.25, -0.2) is 0 Å². The first-order valence-corrected chi connectivity index (χ1v) is 7.67. The molecule has 0 spiro atoms. The van der Waals surface area contributed by atoms with Crippen LogP contribution in [0.4, 0.5) is 0 Å². The lowest BCUT2D eigenvalue weighted by Gasteiger charge is -2.31. The molecular weight excluding hydrogens is 248 g/mol. The van der Waals surface area contributed by atoms with Crippen LogP contribution < -0.4 is 4.74 Å². The number of hydrogen-bond acceptors (Lipinski definition) is 3. The molecule has 0 saturated carbocycles. The van der Waals surface area contributed by atoms with Crippen LogP contribution in [-0.2, 0) is 0 Å². The van der Waals surface area contributed by atoms with Crippen molar-refractivity contribution in [1.82, 2.24) is 4.90 Å². The van der Waals surface area contributed by atoms with Crippen LogP contribution in [0.1, 0.15) is 38.2 Å². The van der Waals surface area contributed by atoms with E-state index in [2.05, 4.69) is 17.9 Å². The molecule has 0 amide bonds. The van der Waals surface area contributed by atoms with Crippen LogP contribution in [0.15, 0.2) is 24.3 Å². The van der Waals surface area contributed by atoms with Gasteiger partial charge in [-0.15, -0.1) is 0 Å². The van der Waals surface area contributed by atoms with E-state index in [9.17, 15) is 0 Å². The molecule has 1 aromatic carbocycles. The van der Waals surface area contributed by atoms with Gasteiger partial charge in [-0.05, 0) is 62.5 Å². The lowest BCUT2D eigenvalue weighted by Crippen LogP contribution is -2.34. The van der Waals surface area contributed by atoms with Crippen molar-refractivity contribution in [3.8, 4) is 11.8 Å². The highest BCUT2D eigenvalue weighted by Gasteiger charge is 2.16. The quantitative estimate of drug-likeness (QED) is 0.744. The number of ether oxygens (including phenoxy) is 1. The molecule has 0 atom stereocenters. The predicted octanol–water partition coefficient (Wildman–Crippen LogP) is 3.45. The Labute approximate surface area is 122 Å². The van der Waals surface area contributed by atoms with E-state index < -0.39 is 0 Å². The van der Waals surface area contributed by atoms with Crippen LogP contribution in [0.5, 0.6) is 5.75 Å². The molecule has 0 N–H and O–H groups in total. The molecule has 1 aliphatic rings. The molecule has 3 nitrogen and oxygen atoms in total. The summed E-state index contributed by atoms with van der Waals surface area (Å²) >= 11 is 0. The summed E-state index contributed by atoms with van der Waals surface area (Å²) in [5, 5.41) is 8.73. The van der Waals surface area contributed by atoms with Gasteiger partial charge in [0.1, 0.15) is 5.75 Å². The Balaban J connectivity index is 1.60. The van der Waals surface area contributed by atoms with Gasteiger partial charge in [0.2, 0.25) is 0 Å². The van der Waals surface area contributed by atoms with Crippen LogP contribution in [0.25, 0.3) is 0 Å². The average Bonchev–Trinajstić information content (AvgIpc) is 2.53. The number of likely N-dealkylation sites (tertiary alicyclic amines) is 1. The second-order valence-corrected chi connectivity index (χ2v) is 5.53. The number of hydrogen-bond donors (Lipinski definition) is 0. The summed E-state index contributed by atoms with van der Waals surface area (Å²) in [7, 11) is 0. The first kappa shape index (κ1) is 14.9. The molecule has 0 aliphatic carbocycles.